The lowest BCUT2D eigenvalue weighted by Crippen LogP contribution is -1.95. The van der Waals surface area contributed by atoms with Gasteiger partial charge >= 0.3 is 0 Å². The number of benzene rings is 3. The van der Waals surface area contributed by atoms with E-state index in [1.807, 2.05) is 43.4 Å². The van der Waals surface area contributed by atoms with Gasteiger partial charge in [-0.2, -0.15) is 0 Å². The second-order valence-electron chi connectivity index (χ2n) is 5.45. The molecule has 23 heavy (non-hydrogen) atoms. The van der Waals surface area contributed by atoms with Crippen molar-refractivity contribution < 1.29 is 0 Å². The average molecular weight is 297 g/mol. The molecule has 0 saturated heterocycles. The Labute approximate surface area is 138 Å². The molecule has 1 N–H and O–H groups in total. The number of nitrogens with one attached hydrogen (secondary N) is 1. The summed E-state index contributed by atoms with van der Waals surface area (Å²) >= 11 is 0. The van der Waals surface area contributed by atoms with Crippen LogP contribution in [-0.4, -0.2) is 7.05 Å². The lowest BCUT2D eigenvalue weighted by molar-refractivity contribution is 1.40. The monoisotopic (exact) mass is 297 g/mol. The molecule has 0 saturated carbocycles. The van der Waals surface area contributed by atoms with Gasteiger partial charge in [0.2, 0.25) is 0 Å². The van der Waals surface area contributed by atoms with E-state index in [2.05, 4.69) is 60.5 Å². The Hall–Kier alpha value is -2.98. The van der Waals surface area contributed by atoms with E-state index in [4.69, 9.17) is 0 Å². The molecule has 0 heterocycles. The number of hydrogen-bond donors (Lipinski definition) is 1. The van der Waals surface area contributed by atoms with Gasteiger partial charge in [0.05, 0.1) is 0 Å². The predicted molar refractivity (Wildman–Crippen MR) is 98.6 cm³/mol. The summed E-state index contributed by atoms with van der Waals surface area (Å²) in [6.07, 6.45) is 0. The summed E-state index contributed by atoms with van der Waals surface area (Å²) in [6.45, 7) is 2.11. The van der Waals surface area contributed by atoms with Crippen LogP contribution in [0.4, 0.5) is 5.69 Å². The average Bonchev–Trinajstić information content (AvgIpc) is 2.61. The maximum absolute atomic E-state index is 3.37. The highest BCUT2D eigenvalue weighted by atomic mass is 14.8. The zero-order chi connectivity index (χ0) is 16.1. The van der Waals surface area contributed by atoms with Gasteiger partial charge in [-0.1, -0.05) is 60.4 Å². The molecule has 0 aliphatic heterocycles. The second kappa shape index (κ2) is 6.85. The molecular weight excluding hydrogens is 278 g/mol. The van der Waals surface area contributed by atoms with Gasteiger partial charge in [-0.05, 0) is 47.9 Å². The highest BCUT2D eigenvalue weighted by Gasteiger charge is 2.08. The molecule has 3 aromatic rings. The highest BCUT2D eigenvalue weighted by molar-refractivity contribution is 5.77. The third kappa shape index (κ3) is 3.44. The first-order valence-electron chi connectivity index (χ1n) is 7.73. The summed E-state index contributed by atoms with van der Waals surface area (Å²) in [5, 5.41) is 3.23. The zero-order valence-corrected chi connectivity index (χ0v) is 13.4. The van der Waals surface area contributed by atoms with Crippen molar-refractivity contribution in [1.29, 1.82) is 0 Å². The Balaban J connectivity index is 2.14. The zero-order valence-electron chi connectivity index (χ0n) is 13.4. The summed E-state index contributed by atoms with van der Waals surface area (Å²) < 4.78 is 0. The van der Waals surface area contributed by atoms with Crippen molar-refractivity contribution in [3.05, 3.63) is 89.5 Å². The van der Waals surface area contributed by atoms with E-state index in [9.17, 15) is 0 Å². The van der Waals surface area contributed by atoms with Crippen molar-refractivity contribution in [2.45, 2.75) is 6.92 Å². The van der Waals surface area contributed by atoms with E-state index in [1.54, 1.807) is 0 Å². The maximum Gasteiger partial charge on any atom is 0.0358 e. The maximum atomic E-state index is 3.37. The second-order valence-corrected chi connectivity index (χ2v) is 5.45. The van der Waals surface area contributed by atoms with Crippen molar-refractivity contribution in [3.8, 4) is 23.0 Å². The Morgan fingerprint density at radius 2 is 1.43 bits per heavy atom. The molecule has 0 aliphatic carbocycles. The number of anilines is 1. The van der Waals surface area contributed by atoms with Crippen LogP contribution in [0, 0.1) is 18.8 Å². The van der Waals surface area contributed by atoms with Gasteiger partial charge in [0.25, 0.3) is 0 Å². The van der Waals surface area contributed by atoms with Gasteiger partial charge < -0.3 is 5.32 Å². The van der Waals surface area contributed by atoms with Gasteiger partial charge in [0, 0.05) is 23.9 Å². The lowest BCUT2D eigenvalue weighted by atomic mass is 9.95. The van der Waals surface area contributed by atoms with Crippen LogP contribution in [0.15, 0.2) is 72.8 Å². The Kier molecular flexibility index (Phi) is 4.45. The molecule has 112 valence electrons. The number of hydrogen-bond acceptors (Lipinski definition) is 1. The van der Waals surface area contributed by atoms with Crippen molar-refractivity contribution in [2.75, 3.05) is 12.4 Å². The molecule has 3 aromatic carbocycles. The Morgan fingerprint density at radius 1 is 0.783 bits per heavy atom. The molecule has 1 heteroatoms. The highest BCUT2D eigenvalue weighted by Crippen LogP contribution is 2.29. The lowest BCUT2D eigenvalue weighted by Gasteiger charge is -2.11. The molecule has 0 spiro atoms. The van der Waals surface area contributed by atoms with Crippen molar-refractivity contribution in [3.63, 3.8) is 0 Å². The minimum absolute atomic E-state index is 1.03. The SMILES string of the molecule is CNc1cc(C)c(C#Cc2ccccc2)c(-c2ccccc2)c1. The summed E-state index contributed by atoms with van der Waals surface area (Å²) in [5.74, 6) is 6.65. The van der Waals surface area contributed by atoms with E-state index < -0.39 is 0 Å². The largest absolute Gasteiger partial charge is 0.388 e. The summed E-state index contributed by atoms with van der Waals surface area (Å²) in [4.78, 5) is 0. The normalized spacial score (nSPS) is 9.83. The molecule has 0 unspecified atom stereocenters. The number of rotatable bonds is 2. The van der Waals surface area contributed by atoms with E-state index in [0.717, 1.165) is 16.8 Å². The fraction of sp³-hybridized carbons (Fsp3) is 0.0909. The third-order valence-electron chi connectivity index (χ3n) is 3.81. The van der Waals surface area contributed by atoms with Gasteiger partial charge in [-0.25, -0.2) is 0 Å². The Bertz CT molecular complexity index is 853. The fourth-order valence-corrected chi connectivity index (χ4v) is 2.60. The van der Waals surface area contributed by atoms with Gasteiger partial charge in [-0.3, -0.25) is 0 Å². The van der Waals surface area contributed by atoms with Crippen molar-refractivity contribution in [1.82, 2.24) is 0 Å². The molecule has 0 fully saturated rings. The van der Waals surface area contributed by atoms with E-state index in [1.165, 1.54) is 16.7 Å². The summed E-state index contributed by atoms with van der Waals surface area (Å²) in [5.41, 5.74) is 6.75. The Morgan fingerprint density at radius 3 is 2.09 bits per heavy atom. The van der Waals surface area contributed by atoms with Crippen LogP contribution in [0.25, 0.3) is 11.1 Å². The van der Waals surface area contributed by atoms with Crippen molar-refractivity contribution in [2.24, 2.45) is 0 Å². The molecule has 1 nitrogen and oxygen atoms in total. The van der Waals surface area contributed by atoms with E-state index >= 15 is 0 Å². The minimum Gasteiger partial charge on any atom is -0.388 e. The molecule has 0 atom stereocenters. The molecular formula is C22H19N. The summed E-state index contributed by atoms with van der Waals surface area (Å²) in [6, 6.07) is 24.8. The molecule has 0 aromatic heterocycles. The number of aryl methyl sites for hydroxylation is 1. The minimum atomic E-state index is 1.03. The quantitative estimate of drug-likeness (QED) is 0.649. The van der Waals surface area contributed by atoms with Gasteiger partial charge in [-0.15, -0.1) is 0 Å². The van der Waals surface area contributed by atoms with E-state index in [-0.39, 0.29) is 0 Å². The van der Waals surface area contributed by atoms with Crippen molar-refractivity contribution >= 4 is 5.69 Å². The van der Waals surface area contributed by atoms with Crippen LogP contribution in [0.3, 0.4) is 0 Å². The van der Waals surface area contributed by atoms with Crippen LogP contribution in [0.1, 0.15) is 16.7 Å². The van der Waals surface area contributed by atoms with Gasteiger partial charge in [0.1, 0.15) is 0 Å². The molecule has 0 bridgehead atoms. The van der Waals surface area contributed by atoms with Crippen LogP contribution in [0.2, 0.25) is 0 Å². The molecule has 0 radical (unpaired) electrons. The topological polar surface area (TPSA) is 12.0 Å². The van der Waals surface area contributed by atoms with Crippen LogP contribution < -0.4 is 5.32 Å². The van der Waals surface area contributed by atoms with Crippen LogP contribution in [-0.2, 0) is 0 Å². The third-order valence-corrected chi connectivity index (χ3v) is 3.81. The van der Waals surface area contributed by atoms with E-state index in [0.29, 0.717) is 0 Å². The molecule has 0 aliphatic rings. The van der Waals surface area contributed by atoms with Gasteiger partial charge in [0.15, 0.2) is 0 Å². The first-order valence-corrected chi connectivity index (χ1v) is 7.73. The first-order chi connectivity index (χ1) is 11.3. The van der Waals surface area contributed by atoms with Crippen LogP contribution in [0.5, 0.6) is 0 Å². The predicted octanol–water partition coefficient (Wildman–Crippen LogP) is 5.10. The molecule has 3 rings (SSSR count). The van der Waals surface area contributed by atoms with Crippen LogP contribution >= 0.6 is 0 Å². The standard InChI is InChI=1S/C22H19N/c1-17-15-20(23-2)16-22(19-11-7-4-8-12-19)21(17)14-13-18-9-5-3-6-10-18/h3-12,15-16,23H,1-2H3. The fourth-order valence-electron chi connectivity index (χ4n) is 2.60. The molecule has 0 amide bonds. The summed E-state index contributed by atoms with van der Waals surface area (Å²) in [7, 11) is 1.94. The first kappa shape index (κ1) is 14.9. The smallest absolute Gasteiger partial charge is 0.0358 e.